The molecule has 1 aromatic rings. The molecule has 0 bridgehead atoms. The molecule has 4 nitrogen and oxygen atoms in total. The van der Waals surface area contributed by atoms with Crippen molar-refractivity contribution in [1.82, 2.24) is 4.98 Å². The van der Waals surface area contributed by atoms with Gasteiger partial charge in [-0.25, -0.2) is 4.98 Å². The van der Waals surface area contributed by atoms with Crippen LogP contribution in [-0.2, 0) is 6.18 Å². The monoisotopic (exact) mass is 252 g/mol. The van der Waals surface area contributed by atoms with Crippen molar-refractivity contribution < 1.29 is 18.1 Å². The molecule has 0 spiro atoms. The van der Waals surface area contributed by atoms with Crippen LogP contribution < -0.4 is 0 Å². The van der Waals surface area contributed by atoms with Crippen molar-refractivity contribution >= 4 is 5.69 Å². The number of aromatic nitrogens is 1. The predicted molar refractivity (Wildman–Crippen MR) is 58.6 cm³/mol. The van der Waals surface area contributed by atoms with Gasteiger partial charge >= 0.3 is 6.18 Å². The molecule has 0 saturated heterocycles. The summed E-state index contributed by atoms with van der Waals surface area (Å²) in [5.74, 6) is 0. The maximum Gasteiger partial charge on any atom is 0.440 e. The molecule has 0 amide bonds. The van der Waals surface area contributed by atoms with Gasteiger partial charge in [0, 0.05) is 12.3 Å². The van der Waals surface area contributed by atoms with Crippen LogP contribution in [0.25, 0.3) is 0 Å². The summed E-state index contributed by atoms with van der Waals surface area (Å²) in [5, 5.41) is 10.1. The fourth-order valence-electron chi connectivity index (χ4n) is 0.763. The summed E-state index contributed by atoms with van der Waals surface area (Å²) in [5.41, 5.74) is -2.50. The zero-order valence-corrected chi connectivity index (χ0v) is 10.1. The molecule has 1 heterocycles. The standard InChI is InChI=1S/C6H3F3N2O2.2C2H6/c7-6(8,9)5-4(11(12)13)2-1-3-10-5;2*1-2/h1-3H;2*1-2H3. The van der Waals surface area contributed by atoms with Gasteiger partial charge < -0.3 is 0 Å². The highest BCUT2D eigenvalue weighted by atomic mass is 19.4. The molecule has 98 valence electrons. The van der Waals surface area contributed by atoms with Crippen LogP contribution in [0.1, 0.15) is 33.4 Å². The number of halogens is 3. The van der Waals surface area contributed by atoms with Crippen molar-refractivity contribution in [3.63, 3.8) is 0 Å². The average Bonchev–Trinajstić information content (AvgIpc) is 2.33. The lowest BCUT2D eigenvalue weighted by atomic mass is 10.3. The Kier molecular flexibility index (Phi) is 8.85. The van der Waals surface area contributed by atoms with Crippen LogP contribution >= 0.6 is 0 Å². The summed E-state index contributed by atoms with van der Waals surface area (Å²) < 4.78 is 36.1. The fourth-order valence-corrected chi connectivity index (χ4v) is 0.763. The van der Waals surface area contributed by atoms with E-state index in [2.05, 4.69) is 4.98 Å². The van der Waals surface area contributed by atoms with E-state index >= 15 is 0 Å². The van der Waals surface area contributed by atoms with Crippen LogP contribution in [0, 0.1) is 10.1 Å². The van der Waals surface area contributed by atoms with Gasteiger partial charge in [-0.1, -0.05) is 27.7 Å². The van der Waals surface area contributed by atoms with E-state index in [0.717, 1.165) is 18.3 Å². The summed E-state index contributed by atoms with van der Waals surface area (Å²) in [6.07, 6.45) is -3.93. The molecule has 17 heavy (non-hydrogen) atoms. The Labute approximate surface area is 97.6 Å². The normalized spacial score (nSPS) is 9.35. The van der Waals surface area contributed by atoms with Crippen molar-refractivity contribution in [2.24, 2.45) is 0 Å². The number of pyridine rings is 1. The summed E-state index contributed by atoms with van der Waals surface area (Å²) in [6, 6.07) is 1.84. The van der Waals surface area contributed by atoms with E-state index in [0.29, 0.717) is 0 Å². The molecule has 1 aromatic heterocycles. The zero-order valence-electron chi connectivity index (χ0n) is 10.1. The molecule has 0 radical (unpaired) electrons. The summed E-state index contributed by atoms with van der Waals surface area (Å²) in [7, 11) is 0. The summed E-state index contributed by atoms with van der Waals surface area (Å²) >= 11 is 0. The van der Waals surface area contributed by atoms with E-state index in [-0.39, 0.29) is 0 Å². The molecule has 0 aliphatic rings. The molecule has 7 heteroatoms. The first-order chi connectivity index (χ1) is 7.93. The van der Waals surface area contributed by atoms with E-state index in [1.807, 2.05) is 27.7 Å². The number of hydrogen-bond acceptors (Lipinski definition) is 3. The summed E-state index contributed by atoms with van der Waals surface area (Å²) in [6.45, 7) is 8.00. The third-order valence-corrected chi connectivity index (χ3v) is 1.25. The van der Waals surface area contributed by atoms with Crippen molar-refractivity contribution in [2.45, 2.75) is 33.9 Å². The maximum absolute atomic E-state index is 12.0. The molecule has 0 fully saturated rings. The SMILES string of the molecule is CC.CC.O=[N+]([O-])c1cccnc1C(F)(F)F. The topological polar surface area (TPSA) is 56.0 Å². The molecule has 1 rings (SSSR count). The van der Waals surface area contributed by atoms with Gasteiger partial charge in [0.25, 0.3) is 5.69 Å². The second-order valence-corrected chi connectivity index (χ2v) is 2.13. The third-order valence-electron chi connectivity index (χ3n) is 1.25. The van der Waals surface area contributed by atoms with E-state index in [9.17, 15) is 23.3 Å². The van der Waals surface area contributed by atoms with Gasteiger partial charge in [-0.05, 0) is 6.07 Å². The molecular weight excluding hydrogens is 237 g/mol. The van der Waals surface area contributed by atoms with Crippen LogP contribution in [0.4, 0.5) is 18.9 Å². The van der Waals surface area contributed by atoms with E-state index in [4.69, 9.17) is 0 Å². The van der Waals surface area contributed by atoms with Gasteiger partial charge in [0.05, 0.1) is 4.92 Å². The van der Waals surface area contributed by atoms with Crippen LogP contribution in [0.2, 0.25) is 0 Å². The quantitative estimate of drug-likeness (QED) is 0.559. The molecule has 0 aliphatic carbocycles. The Balaban J connectivity index is 0. The molecule has 0 atom stereocenters. The number of nitro groups is 1. The Morgan fingerprint density at radius 2 is 1.71 bits per heavy atom. The maximum atomic E-state index is 12.0. The van der Waals surface area contributed by atoms with Gasteiger partial charge in [0.15, 0.2) is 0 Å². The molecule has 0 N–H and O–H groups in total. The van der Waals surface area contributed by atoms with Gasteiger partial charge in [-0.2, -0.15) is 13.2 Å². The van der Waals surface area contributed by atoms with Crippen LogP contribution in [0.5, 0.6) is 0 Å². The third kappa shape index (κ3) is 5.84. The van der Waals surface area contributed by atoms with E-state index in [1.165, 1.54) is 0 Å². The zero-order chi connectivity index (χ0) is 14.1. The first-order valence-electron chi connectivity index (χ1n) is 5.09. The molecule has 0 aromatic carbocycles. The minimum absolute atomic E-state index is 0.760. The van der Waals surface area contributed by atoms with Crippen LogP contribution in [0.15, 0.2) is 18.3 Å². The highest BCUT2D eigenvalue weighted by molar-refractivity contribution is 5.36. The molecular formula is C10H15F3N2O2. The van der Waals surface area contributed by atoms with Gasteiger partial charge in [0.1, 0.15) is 0 Å². The lowest BCUT2D eigenvalue weighted by Crippen LogP contribution is -2.10. The molecule has 0 aliphatic heterocycles. The minimum Gasteiger partial charge on any atom is -0.258 e. The van der Waals surface area contributed by atoms with Crippen LogP contribution in [-0.4, -0.2) is 9.91 Å². The number of nitrogens with zero attached hydrogens (tertiary/aromatic N) is 2. The Morgan fingerprint density at radius 3 is 2.00 bits per heavy atom. The predicted octanol–water partition coefficient (Wildman–Crippen LogP) is 4.06. The summed E-state index contributed by atoms with van der Waals surface area (Å²) in [4.78, 5) is 11.9. The van der Waals surface area contributed by atoms with Gasteiger partial charge in [-0.3, -0.25) is 10.1 Å². The van der Waals surface area contributed by atoms with E-state index in [1.54, 1.807) is 0 Å². The number of alkyl halides is 3. The highest BCUT2D eigenvalue weighted by Crippen LogP contribution is 2.33. The number of hydrogen-bond donors (Lipinski definition) is 0. The fraction of sp³-hybridized carbons (Fsp3) is 0.500. The molecule has 0 unspecified atom stereocenters. The van der Waals surface area contributed by atoms with E-state index < -0.39 is 22.5 Å². The van der Waals surface area contributed by atoms with Crippen molar-refractivity contribution in [3.05, 3.63) is 34.1 Å². The average molecular weight is 252 g/mol. The van der Waals surface area contributed by atoms with Gasteiger partial charge in [0.2, 0.25) is 5.69 Å². The Hall–Kier alpha value is -1.66. The minimum atomic E-state index is -4.79. The lowest BCUT2D eigenvalue weighted by Gasteiger charge is -2.04. The second-order valence-electron chi connectivity index (χ2n) is 2.13. The van der Waals surface area contributed by atoms with Gasteiger partial charge in [-0.15, -0.1) is 0 Å². The molecule has 0 saturated carbocycles. The van der Waals surface area contributed by atoms with Crippen molar-refractivity contribution in [2.75, 3.05) is 0 Å². The Morgan fingerprint density at radius 1 is 1.24 bits per heavy atom. The lowest BCUT2D eigenvalue weighted by molar-refractivity contribution is -0.388. The smallest absolute Gasteiger partial charge is 0.258 e. The first kappa shape index (κ1) is 17.7. The van der Waals surface area contributed by atoms with Crippen molar-refractivity contribution in [1.29, 1.82) is 0 Å². The Bertz CT molecular complexity index is 341. The first-order valence-corrected chi connectivity index (χ1v) is 5.09. The van der Waals surface area contributed by atoms with Crippen LogP contribution in [0.3, 0.4) is 0 Å². The highest BCUT2D eigenvalue weighted by Gasteiger charge is 2.39. The van der Waals surface area contributed by atoms with Crippen molar-refractivity contribution in [3.8, 4) is 0 Å². The second kappa shape index (κ2) is 8.49. The number of rotatable bonds is 1. The largest absolute Gasteiger partial charge is 0.440 e.